The minimum absolute atomic E-state index is 0.0345. The lowest BCUT2D eigenvalue weighted by molar-refractivity contribution is -0.689. The number of carboxylic acid groups (broad SMARTS) is 1. The summed E-state index contributed by atoms with van der Waals surface area (Å²) >= 11 is 2.22. The number of carboxylic acids is 1. The topological polar surface area (TPSA) is 176 Å². The molecule has 0 aliphatic carbocycles. The maximum atomic E-state index is 13.0. The van der Waals surface area contributed by atoms with Crippen molar-refractivity contribution in [1.82, 2.24) is 19.6 Å². The number of thioether (sulfide) groups is 1. The van der Waals surface area contributed by atoms with Crippen LogP contribution in [0.1, 0.15) is 18.3 Å². The fraction of sp³-hybridized carbons (Fsp3) is 0.381. The Morgan fingerprint density at radius 2 is 2.22 bits per heavy atom. The second-order valence-electron chi connectivity index (χ2n) is 7.78. The Morgan fingerprint density at radius 1 is 1.44 bits per heavy atom. The van der Waals surface area contributed by atoms with Gasteiger partial charge in [0, 0.05) is 28.9 Å². The first kappa shape index (κ1) is 25.4. The standard InChI is InChI=1S/C21H23N7O6S2/c1-4-34-25-13(16-24-21(22)36-26-16)17(29)23-14-18(30)28-15(20(31)32)11(9-35-19(14)28)8-27-6-5-12(33-3)10(2)7-27/h5-7,14,19H,4,8-9H2,1-3H3,(H3-,22,23,24,26,29,31,32)/t14?,19-/m0/s1. The van der Waals surface area contributed by atoms with Crippen molar-refractivity contribution in [3.8, 4) is 5.75 Å². The number of aromatic nitrogens is 3. The minimum atomic E-state index is -1.46. The van der Waals surface area contributed by atoms with Crippen molar-refractivity contribution in [2.45, 2.75) is 31.8 Å². The molecule has 1 unspecified atom stereocenters. The number of hydrogen-bond acceptors (Lipinski definition) is 12. The van der Waals surface area contributed by atoms with Gasteiger partial charge in [0.05, 0.1) is 24.3 Å². The predicted molar refractivity (Wildman–Crippen MR) is 127 cm³/mol. The molecule has 2 amide bonds. The zero-order valence-corrected chi connectivity index (χ0v) is 21.2. The summed E-state index contributed by atoms with van der Waals surface area (Å²) in [5.41, 5.74) is 6.58. The molecule has 0 bridgehead atoms. The van der Waals surface area contributed by atoms with Crippen LogP contribution in [0.5, 0.6) is 5.75 Å². The fourth-order valence-electron chi connectivity index (χ4n) is 3.85. The highest BCUT2D eigenvalue weighted by molar-refractivity contribution is 8.00. The largest absolute Gasteiger partial charge is 0.543 e. The van der Waals surface area contributed by atoms with Crippen molar-refractivity contribution in [3.05, 3.63) is 41.1 Å². The van der Waals surface area contributed by atoms with E-state index in [-0.39, 0.29) is 35.5 Å². The van der Waals surface area contributed by atoms with E-state index in [1.165, 1.54) is 11.8 Å². The SMILES string of the molecule is CCON=C(C(=O)NC1C(=O)N2C(C(=O)[O-])=C(C[n+]3ccc(OC)c(C)c3)CS[C@@H]12)c1nsc(N)n1. The number of carbonyl (C=O) groups excluding carboxylic acids is 3. The highest BCUT2D eigenvalue weighted by atomic mass is 32.2. The molecule has 0 saturated carbocycles. The van der Waals surface area contributed by atoms with Crippen molar-refractivity contribution in [2.75, 3.05) is 25.2 Å². The van der Waals surface area contributed by atoms with E-state index in [9.17, 15) is 19.5 Å². The molecule has 0 aromatic carbocycles. The molecule has 36 heavy (non-hydrogen) atoms. The number of oxime groups is 1. The summed E-state index contributed by atoms with van der Waals surface area (Å²) in [4.78, 5) is 48.0. The van der Waals surface area contributed by atoms with Crippen molar-refractivity contribution in [3.63, 3.8) is 0 Å². The summed E-state index contributed by atoms with van der Waals surface area (Å²) in [6.07, 6.45) is 3.59. The molecular weight excluding hydrogens is 510 g/mol. The van der Waals surface area contributed by atoms with Crippen molar-refractivity contribution < 1.29 is 33.6 Å². The first-order chi connectivity index (χ1) is 17.2. The number of nitrogens with zero attached hydrogens (tertiary/aromatic N) is 5. The molecule has 13 nitrogen and oxygen atoms in total. The van der Waals surface area contributed by atoms with Gasteiger partial charge in [0.2, 0.25) is 11.5 Å². The van der Waals surface area contributed by atoms with E-state index >= 15 is 0 Å². The van der Waals surface area contributed by atoms with Crippen molar-refractivity contribution >= 4 is 51.9 Å². The number of fused-ring (bicyclic) bond motifs is 1. The highest BCUT2D eigenvalue weighted by Gasteiger charge is 2.53. The van der Waals surface area contributed by atoms with Gasteiger partial charge in [-0.15, -0.1) is 11.8 Å². The van der Waals surface area contributed by atoms with E-state index in [0.717, 1.165) is 22.0 Å². The molecule has 4 heterocycles. The van der Waals surface area contributed by atoms with Crippen LogP contribution >= 0.6 is 23.3 Å². The van der Waals surface area contributed by atoms with E-state index < -0.39 is 29.2 Å². The smallest absolute Gasteiger partial charge is 0.278 e. The molecule has 2 aliphatic heterocycles. The Kier molecular flexibility index (Phi) is 7.40. The monoisotopic (exact) mass is 533 g/mol. The Balaban J connectivity index is 1.53. The zero-order chi connectivity index (χ0) is 26.0. The van der Waals surface area contributed by atoms with Gasteiger partial charge >= 0.3 is 0 Å². The normalized spacial score (nSPS) is 19.5. The number of aryl methyl sites for hydroxylation is 1. The van der Waals surface area contributed by atoms with Crippen LogP contribution in [0, 0.1) is 6.92 Å². The number of nitrogen functional groups attached to an aromatic ring is 1. The number of nitrogens with one attached hydrogen (secondary N) is 1. The summed E-state index contributed by atoms with van der Waals surface area (Å²) in [5.74, 6) is -1.78. The lowest BCUT2D eigenvalue weighted by Crippen LogP contribution is -2.71. The van der Waals surface area contributed by atoms with Crippen molar-refractivity contribution in [2.24, 2.45) is 5.16 Å². The van der Waals surface area contributed by atoms with Gasteiger partial charge in [-0.1, -0.05) is 5.16 Å². The van der Waals surface area contributed by atoms with Crippen LogP contribution in [-0.4, -0.2) is 68.6 Å². The van der Waals surface area contributed by atoms with Crippen molar-refractivity contribution in [1.29, 1.82) is 0 Å². The average Bonchev–Trinajstić information content (AvgIpc) is 3.28. The van der Waals surface area contributed by atoms with Gasteiger partial charge in [0.1, 0.15) is 23.8 Å². The van der Waals surface area contributed by atoms with Crippen LogP contribution in [-0.2, 0) is 25.8 Å². The number of ether oxygens (including phenoxy) is 1. The second-order valence-corrected chi connectivity index (χ2v) is 9.67. The predicted octanol–water partition coefficient (Wildman–Crippen LogP) is -1.43. The van der Waals surface area contributed by atoms with E-state index in [1.807, 2.05) is 17.7 Å². The molecule has 0 radical (unpaired) electrons. The molecule has 15 heteroatoms. The molecule has 4 rings (SSSR count). The Bertz CT molecular complexity index is 1280. The molecular formula is C21H23N7O6S2. The van der Waals surface area contributed by atoms with Crippen LogP contribution < -0.4 is 25.5 Å². The number of hydrogen-bond donors (Lipinski definition) is 2. The van der Waals surface area contributed by atoms with Crippen LogP contribution in [0.15, 0.2) is 34.9 Å². The van der Waals surface area contributed by atoms with E-state index in [2.05, 4.69) is 19.8 Å². The average molecular weight is 534 g/mol. The van der Waals surface area contributed by atoms with E-state index in [1.54, 1.807) is 26.3 Å². The first-order valence-corrected chi connectivity index (χ1v) is 12.6. The fourth-order valence-corrected chi connectivity index (χ4v) is 5.62. The maximum absolute atomic E-state index is 13.0. The van der Waals surface area contributed by atoms with Gasteiger partial charge in [-0.25, -0.2) is 4.57 Å². The third kappa shape index (κ3) is 4.83. The molecule has 2 aromatic rings. The molecule has 1 saturated heterocycles. The number of amides is 2. The third-order valence-electron chi connectivity index (χ3n) is 5.44. The number of methoxy groups -OCH3 is 1. The Labute approximate surface area is 214 Å². The van der Waals surface area contributed by atoms with E-state index in [4.69, 9.17) is 15.3 Å². The molecule has 190 valence electrons. The molecule has 3 N–H and O–H groups in total. The first-order valence-electron chi connectivity index (χ1n) is 10.8. The van der Waals surface area contributed by atoms with Crippen LogP contribution in [0.25, 0.3) is 0 Å². The van der Waals surface area contributed by atoms with Gasteiger partial charge in [0.15, 0.2) is 24.1 Å². The number of carbonyl (C=O) groups is 3. The van der Waals surface area contributed by atoms with Gasteiger partial charge in [-0.2, -0.15) is 9.36 Å². The lowest BCUT2D eigenvalue weighted by Gasteiger charge is -2.50. The summed E-state index contributed by atoms with van der Waals surface area (Å²) in [6, 6.07) is 0.803. The second kappa shape index (κ2) is 10.5. The summed E-state index contributed by atoms with van der Waals surface area (Å²) < 4.78 is 11.0. The Hall–Kier alpha value is -3.72. The zero-order valence-electron chi connectivity index (χ0n) is 19.6. The number of pyridine rings is 1. The Morgan fingerprint density at radius 3 is 2.83 bits per heavy atom. The maximum Gasteiger partial charge on any atom is 0.278 e. The molecule has 2 aliphatic rings. The number of aliphatic carboxylic acids is 1. The number of nitrogens with two attached hydrogens (primary N) is 1. The molecule has 0 spiro atoms. The summed E-state index contributed by atoms with van der Waals surface area (Å²) in [7, 11) is 1.57. The summed E-state index contributed by atoms with van der Waals surface area (Å²) in [5, 5.41) is 17.9. The lowest BCUT2D eigenvalue weighted by atomic mass is 10.0. The molecule has 2 aromatic heterocycles. The number of β-lactam (4-membered cyclic amide) rings is 1. The number of rotatable bonds is 9. The molecule has 2 atom stereocenters. The molecule has 1 fully saturated rings. The van der Waals surface area contributed by atoms with Gasteiger partial charge in [0.25, 0.3) is 11.8 Å². The van der Waals surface area contributed by atoms with Crippen LogP contribution in [0.2, 0.25) is 0 Å². The van der Waals surface area contributed by atoms with Crippen LogP contribution in [0.3, 0.4) is 0 Å². The van der Waals surface area contributed by atoms with Gasteiger partial charge < -0.3 is 30.5 Å². The quantitative estimate of drug-likeness (QED) is 0.168. The van der Waals surface area contributed by atoms with Crippen LogP contribution in [0.4, 0.5) is 5.13 Å². The highest BCUT2D eigenvalue weighted by Crippen LogP contribution is 2.40. The van der Waals surface area contributed by atoms with Gasteiger partial charge in [-0.3, -0.25) is 14.5 Å². The van der Waals surface area contributed by atoms with Gasteiger partial charge in [-0.05, 0) is 13.8 Å². The number of anilines is 1. The third-order valence-corrected chi connectivity index (χ3v) is 7.32. The summed E-state index contributed by atoms with van der Waals surface area (Å²) in [6.45, 7) is 4.00. The minimum Gasteiger partial charge on any atom is -0.543 e. The van der Waals surface area contributed by atoms with E-state index in [0.29, 0.717) is 17.1 Å².